The number of carbonyl (C=O) groups excluding carboxylic acids is 1. The van der Waals surface area contributed by atoms with Crippen molar-refractivity contribution >= 4 is 34.2 Å². The van der Waals surface area contributed by atoms with Crippen LogP contribution in [0.3, 0.4) is 0 Å². The first kappa shape index (κ1) is 25.7. The molecule has 0 aliphatic carbocycles. The van der Waals surface area contributed by atoms with Gasteiger partial charge < -0.3 is 24.8 Å². The van der Waals surface area contributed by atoms with Gasteiger partial charge in [0.2, 0.25) is 0 Å². The zero-order valence-electron chi connectivity index (χ0n) is 21.0. The molecule has 37 heavy (non-hydrogen) atoms. The van der Waals surface area contributed by atoms with Crippen molar-refractivity contribution in [2.24, 2.45) is 4.99 Å². The zero-order chi connectivity index (χ0) is 26.5. The number of hydrogen-bond acceptors (Lipinski definition) is 6. The van der Waals surface area contributed by atoms with Crippen molar-refractivity contribution in [2.75, 3.05) is 21.2 Å². The lowest BCUT2D eigenvalue weighted by atomic mass is 9.97. The number of esters is 1. The predicted octanol–water partition coefficient (Wildman–Crippen LogP) is 4.91. The number of ether oxygens (including phenoxy) is 1. The number of hydrogen-bond donors (Lipinski definition) is 3. The quantitative estimate of drug-likeness (QED) is 0.223. The highest BCUT2D eigenvalue weighted by atomic mass is 16.5. The van der Waals surface area contributed by atoms with Crippen molar-refractivity contribution in [3.63, 3.8) is 0 Å². The van der Waals surface area contributed by atoms with E-state index in [2.05, 4.69) is 9.88 Å². The fourth-order valence-electron chi connectivity index (χ4n) is 4.28. The zero-order valence-corrected chi connectivity index (χ0v) is 21.0. The normalized spacial score (nSPS) is 11.7. The van der Waals surface area contributed by atoms with Gasteiger partial charge in [-0.3, -0.25) is 4.79 Å². The summed E-state index contributed by atoms with van der Waals surface area (Å²) in [5.41, 5.74) is 5.31. The van der Waals surface area contributed by atoms with Gasteiger partial charge in [-0.15, -0.1) is 0 Å². The molecule has 8 heteroatoms. The first-order valence-corrected chi connectivity index (χ1v) is 11.8. The maximum atomic E-state index is 12.0. The van der Waals surface area contributed by atoms with Gasteiger partial charge in [0.1, 0.15) is 0 Å². The molecule has 4 rings (SSSR count). The van der Waals surface area contributed by atoms with Crippen molar-refractivity contribution < 1.29 is 24.5 Å². The number of carboxylic acids is 1. The summed E-state index contributed by atoms with van der Waals surface area (Å²) in [5, 5.41) is 20.8. The maximum absolute atomic E-state index is 12.0. The van der Waals surface area contributed by atoms with E-state index in [9.17, 15) is 14.7 Å². The highest BCUT2D eigenvalue weighted by molar-refractivity contribution is 6.22. The van der Waals surface area contributed by atoms with E-state index in [0.29, 0.717) is 39.8 Å². The number of aromatic nitrogens is 1. The summed E-state index contributed by atoms with van der Waals surface area (Å²) >= 11 is 0. The number of benzene rings is 3. The van der Waals surface area contributed by atoms with Gasteiger partial charge in [0.25, 0.3) is 0 Å². The topological polar surface area (TPSA) is 115 Å². The van der Waals surface area contributed by atoms with Gasteiger partial charge in [0.05, 0.1) is 29.6 Å². The molecule has 1 heterocycles. The summed E-state index contributed by atoms with van der Waals surface area (Å²) in [6.45, 7) is 0.748. The summed E-state index contributed by atoms with van der Waals surface area (Å²) in [6, 6.07) is 20.4. The molecule has 0 saturated carbocycles. The summed E-state index contributed by atoms with van der Waals surface area (Å²) < 4.78 is 4.83. The third-order valence-corrected chi connectivity index (χ3v) is 5.91. The van der Waals surface area contributed by atoms with Crippen molar-refractivity contribution in [1.82, 2.24) is 9.88 Å². The number of aromatic hydroxyl groups is 1. The summed E-state index contributed by atoms with van der Waals surface area (Å²) in [5.74, 6) is -1.43. The minimum atomic E-state index is -0.868. The van der Waals surface area contributed by atoms with Gasteiger partial charge in [0.15, 0.2) is 5.88 Å². The number of methoxy groups -OCH3 is 1. The fraction of sp³-hybridized carbons (Fsp3) is 0.207. The van der Waals surface area contributed by atoms with Crippen molar-refractivity contribution in [2.45, 2.75) is 19.4 Å². The van der Waals surface area contributed by atoms with Crippen molar-refractivity contribution in [3.8, 4) is 5.88 Å². The number of aryl methyl sites for hydroxylation is 1. The number of fused-ring (bicyclic) bond motifs is 1. The molecular weight excluding hydrogens is 470 g/mol. The van der Waals surface area contributed by atoms with Crippen LogP contribution in [0.5, 0.6) is 5.88 Å². The highest BCUT2D eigenvalue weighted by Crippen LogP contribution is 2.32. The fourth-order valence-corrected chi connectivity index (χ4v) is 4.28. The number of aromatic amines is 1. The van der Waals surface area contributed by atoms with E-state index in [-0.39, 0.29) is 12.3 Å². The lowest BCUT2D eigenvalue weighted by molar-refractivity contribution is -0.136. The standard InChI is InChI=1S/C29H29N3O5/c1-32(2)17-19-7-5-9-22(15-19)30-27(20-8-4-6-18(14-20)10-13-25(33)34)26-23-12-11-21(29(36)37-3)16-24(23)31-28(26)35/h4-9,11-12,14-16,31,35H,10,13,17H2,1-3H3,(H,33,34). The van der Waals surface area contributed by atoms with E-state index in [4.69, 9.17) is 14.8 Å². The van der Waals surface area contributed by atoms with E-state index in [0.717, 1.165) is 23.2 Å². The second kappa shape index (κ2) is 11.1. The molecule has 4 aromatic rings. The van der Waals surface area contributed by atoms with Crippen LogP contribution < -0.4 is 0 Å². The van der Waals surface area contributed by atoms with Gasteiger partial charge in [0, 0.05) is 29.4 Å². The largest absolute Gasteiger partial charge is 0.494 e. The molecule has 0 saturated heterocycles. The van der Waals surface area contributed by atoms with E-state index >= 15 is 0 Å². The molecule has 0 amide bonds. The van der Waals surface area contributed by atoms with Crippen LogP contribution in [0.25, 0.3) is 10.9 Å². The molecule has 3 aromatic carbocycles. The van der Waals surface area contributed by atoms with E-state index in [1.807, 2.05) is 62.6 Å². The Morgan fingerprint density at radius 2 is 1.73 bits per heavy atom. The third-order valence-electron chi connectivity index (χ3n) is 5.91. The summed E-state index contributed by atoms with van der Waals surface area (Å²) in [4.78, 5) is 33.1. The Hall–Kier alpha value is -4.43. The van der Waals surface area contributed by atoms with Crippen LogP contribution in [-0.2, 0) is 22.5 Å². The van der Waals surface area contributed by atoms with Gasteiger partial charge in [-0.05, 0) is 62.0 Å². The van der Waals surface area contributed by atoms with Crippen LogP contribution in [0.1, 0.15) is 39.0 Å². The van der Waals surface area contributed by atoms with Crippen LogP contribution in [0.2, 0.25) is 0 Å². The number of H-pyrrole nitrogens is 1. The number of nitrogens with zero attached hydrogens (tertiary/aromatic N) is 2. The molecule has 8 nitrogen and oxygen atoms in total. The monoisotopic (exact) mass is 499 g/mol. The number of carbonyl (C=O) groups is 2. The van der Waals surface area contributed by atoms with Crippen LogP contribution in [0.15, 0.2) is 71.7 Å². The molecule has 0 bridgehead atoms. The molecule has 0 aliphatic heterocycles. The molecular formula is C29H29N3O5. The minimum absolute atomic E-state index is 0.0111. The molecule has 1 aromatic heterocycles. The lowest BCUT2D eigenvalue weighted by Crippen LogP contribution is -2.10. The minimum Gasteiger partial charge on any atom is -0.494 e. The number of aliphatic imine (C=N–C) groups is 1. The van der Waals surface area contributed by atoms with Crippen molar-refractivity contribution in [3.05, 3.63) is 94.5 Å². The Kier molecular flexibility index (Phi) is 7.69. The maximum Gasteiger partial charge on any atom is 0.337 e. The van der Waals surface area contributed by atoms with Crippen LogP contribution >= 0.6 is 0 Å². The Morgan fingerprint density at radius 3 is 2.46 bits per heavy atom. The van der Waals surface area contributed by atoms with Gasteiger partial charge in [-0.2, -0.15) is 0 Å². The average Bonchev–Trinajstić information content (AvgIpc) is 3.20. The van der Waals surface area contributed by atoms with E-state index in [1.165, 1.54) is 7.11 Å². The Balaban J connectivity index is 1.89. The van der Waals surface area contributed by atoms with Crippen LogP contribution in [0.4, 0.5) is 5.69 Å². The van der Waals surface area contributed by atoms with Crippen LogP contribution in [0, 0.1) is 0 Å². The average molecular weight is 500 g/mol. The summed E-state index contributed by atoms with van der Waals surface area (Å²) in [7, 11) is 5.31. The van der Waals surface area contributed by atoms with E-state index < -0.39 is 11.9 Å². The number of aliphatic carboxylic acids is 1. The molecule has 0 spiro atoms. The predicted molar refractivity (Wildman–Crippen MR) is 143 cm³/mol. The second-order valence-corrected chi connectivity index (χ2v) is 9.06. The number of nitrogens with one attached hydrogen (secondary N) is 1. The SMILES string of the molecule is COC(=O)c1ccc2c(C(=Nc3cccc(CN(C)C)c3)c3cccc(CCC(=O)O)c3)c(O)[nH]c2c1. The molecule has 0 unspecified atom stereocenters. The molecule has 190 valence electrons. The molecule has 3 N–H and O–H groups in total. The Bertz CT molecular complexity index is 1490. The molecule has 0 radical (unpaired) electrons. The Labute approximate surface area is 214 Å². The Morgan fingerprint density at radius 1 is 0.973 bits per heavy atom. The third kappa shape index (κ3) is 6.05. The lowest BCUT2D eigenvalue weighted by Gasteiger charge is -2.12. The van der Waals surface area contributed by atoms with Gasteiger partial charge in [-0.25, -0.2) is 9.79 Å². The highest BCUT2D eigenvalue weighted by Gasteiger charge is 2.20. The van der Waals surface area contributed by atoms with Gasteiger partial charge >= 0.3 is 11.9 Å². The molecule has 0 aliphatic rings. The van der Waals surface area contributed by atoms with Crippen molar-refractivity contribution in [1.29, 1.82) is 0 Å². The number of rotatable bonds is 9. The smallest absolute Gasteiger partial charge is 0.337 e. The molecule has 0 fully saturated rings. The first-order valence-electron chi connectivity index (χ1n) is 11.8. The second-order valence-electron chi connectivity index (χ2n) is 9.06. The van der Waals surface area contributed by atoms with Gasteiger partial charge in [-0.1, -0.05) is 36.4 Å². The van der Waals surface area contributed by atoms with Crippen LogP contribution in [-0.4, -0.2) is 59.0 Å². The van der Waals surface area contributed by atoms with E-state index in [1.54, 1.807) is 18.2 Å². The summed E-state index contributed by atoms with van der Waals surface area (Å²) in [6.07, 6.45) is 0.383. The number of carboxylic acid groups (broad SMARTS) is 1. The molecule has 0 atom stereocenters. The first-order chi connectivity index (χ1) is 17.7.